The van der Waals surface area contributed by atoms with Crippen molar-refractivity contribution in [2.75, 3.05) is 0 Å². The lowest BCUT2D eigenvalue weighted by atomic mass is 9.90. The first-order valence-corrected chi connectivity index (χ1v) is 4.72. The summed E-state index contributed by atoms with van der Waals surface area (Å²) in [4.78, 5) is 32.7. The summed E-state index contributed by atoms with van der Waals surface area (Å²) in [6.45, 7) is 0. The van der Waals surface area contributed by atoms with Gasteiger partial charge in [-0.15, -0.1) is 0 Å². The van der Waals surface area contributed by atoms with Crippen LogP contribution in [0.2, 0.25) is 0 Å². The van der Waals surface area contributed by atoms with Gasteiger partial charge < -0.3 is 15.5 Å². The molecule has 1 unspecified atom stereocenters. The number of ketones is 1. The number of aliphatic carboxylic acids is 1. The van der Waals surface area contributed by atoms with Gasteiger partial charge in [0.2, 0.25) is 0 Å². The van der Waals surface area contributed by atoms with E-state index in [9.17, 15) is 14.4 Å². The molecule has 1 saturated carbocycles. The zero-order valence-corrected chi connectivity index (χ0v) is 8.15. The van der Waals surface area contributed by atoms with Gasteiger partial charge in [0.1, 0.15) is 11.3 Å². The van der Waals surface area contributed by atoms with Crippen molar-refractivity contribution in [3.05, 3.63) is 0 Å². The van der Waals surface area contributed by atoms with Gasteiger partial charge in [0.25, 0.3) is 0 Å². The Balaban J connectivity index is 2.84. The lowest BCUT2D eigenvalue weighted by Gasteiger charge is -2.27. The van der Waals surface area contributed by atoms with Gasteiger partial charge in [0, 0.05) is 12.8 Å². The van der Waals surface area contributed by atoms with Crippen molar-refractivity contribution in [2.24, 2.45) is 0 Å². The van der Waals surface area contributed by atoms with Crippen LogP contribution in [0.15, 0.2) is 0 Å². The smallest absolute Gasteiger partial charge is 0.405 e. The molecular formula is C9H13NO5. The SMILES string of the molecule is O=C1CCCC(NC(=O)O)(C(=O)O)CC1. The van der Waals surface area contributed by atoms with Gasteiger partial charge in [-0.2, -0.15) is 0 Å². The predicted molar refractivity (Wildman–Crippen MR) is 49.6 cm³/mol. The third kappa shape index (κ3) is 2.68. The van der Waals surface area contributed by atoms with E-state index in [1.54, 1.807) is 0 Å². The average molecular weight is 215 g/mol. The van der Waals surface area contributed by atoms with E-state index in [1.165, 1.54) is 0 Å². The Labute approximate surface area is 86.3 Å². The van der Waals surface area contributed by atoms with E-state index >= 15 is 0 Å². The highest BCUT2D eigenvalue weighted by molar-refractivity contribution is 5.86. The molecule has 6 nitrogen and oxygen atoms in total. The number of hydrogen-bond donors (Lipinski definition) is 3. The van der Waals surface area contributed by atoms with Crippen molar-refractivity contribution in [1.82, 2.24) is 5.32 Å². The number of carbonyl (C=O) groups excluding carboxylic acids is 1. The van der Waals surface area contributed by atoms with Gasteiger partial charge in [-0.1, -0.05) is 0 Å². The zero-order chi connectivity index (χ0) is 11.5. The van der Waals surface area contributed by atoms with Crippen LogP contribution >= 0.6 is 0 Å². The molecule has 0 aromatic carbocycles. The van der Waals surface area contributed by atoms with E-state index in [2.05, 4.69) is 0 Å². The summed E-state index contributed by atoms with van der Waals surface area (Å²) in [5.41, 5.74) is -1.49. The van der Waals surface area contributed by atoms with Crippen LogP contribution in [0.25, 0.3) is 0 Å². The van der Waals surface area contributed by atoms with Gasteiger partial charge in [0.05, 0.1) is 0 Å². The molecule has 0 aromatic heterocycles. The number of nitrogens with one attached hydrogen (secondary N) is 1. The Kier molecular flexibility index (Phi) is 3.28. The summed E-state index contributed by atoms with van der Waals surface area (Å²) in [5.74, 6) is -1.22. The van der Waals surface area contributed by atoms with Crippen LogP contribution in [0.1, 0.15) is 32.1 Å². The minimum atomic E-state index is -1.49. The standard InChI is InChI=1S/C9H13NO5/c11-6-2-1-4-9(5-3-6,7(12)13)10-8(14)15/h10H,1-5H2,(H,12,13)(H,14,15). The predicted octanol–water partition coefficient (Wildman–Crippen LogP) is 0.611. The maximum absolute atomic E-state index is 11.1. The lowest BCUT2D eigenvalue weighted by Crippen LogP contribution is -2.53. The molecule has 0 bridgehead atoms. The number of carbonyl (C=O) groups is 3. The topological polar surface area (TPSA) is 104 Å². The van der Waals surface area contributed by atoms with Crippen molar-refractivity contribution in [1.29, 1.82) is 0 Å². The Hall–Kier alpha value is -1.59. The van der Waals surface area contributed by atoms with Crippen molar-refractivity contribution in [2.45, 2.75) is 37.6 Å². The Morgan fingerprint density at radius 1 is 1.20 bits per heavy atom. The molecule has 0 saturated heterocycles. The van der Waals surface area contributed by atoms with E-state index in [0.717, 1.165) is 0 Å². The highest BCUT2D eigenvalue weighted by atomic mass is 16.4. The van der Waals surface area contributed by atoms with E-state index in [0.29, 0.717) is 12.8 Å². The molecule has 1 aliphatic rings. The third-order valence-corrected chi connectivity index (χ3v) is 2.65. The summed E-state index contributed by atoms with van der Waals surface area (Å²) < 4.78 is 0. The van der Waals surface area contributed by atoms with E-state index < -0.39 is 17.6 Å². The first-order chi connectivity index (χ1) is 6.96. The van der Waals surface area contributed by atoms with Crippen molar-refractivity contribution in [3.63, 3.8) is 0 Å². The molecule has 0 heterocycles. The number of Topliss-reactive ketones (excluding diaryl/α,β-unsaturated/α-hetero) is 1. The van der Waals surface area contributed by atoms with Crippen LogP contribution in [0.5, 0.6) is 0 Å². The Morgan fingerprint density at radius 3 is 2.40 bits per heavy atom. The van der Waals surface area contributed by atoms with Crippen molar-refractivity contribution in [3.8, 4) is 0 Å². The van der Waals surface area contributed by atoms with Crippen LogP contribution in [-0.4, -0.2) is 33.6 Å². The second-order valence-electron chi connectivity index (χ2n) is 3.71. The fourth-order valence-corrected chi connectivity index (χ4v) is 1.79. The van der Waals surface area contributed by atoms with Crippen LogP contribution in [0.3, 0.4) is 0 Å². The molecule has 1 rings (SSSR count). The minimum absolute atomic E-state index is 0.00897. The Morgan fingerprint density at radius 2 is 1.87 bits per heavy atom. The normalized spacial score (nSPS) is 26.8. The Bertz CT molecular complexity index is 301. The monoisotopic (exact) mass is 215 g/mol. The molecule has 0 radical (unpaired) electrons. The van der Waals surface area contributed by atoms with Gasteiger partial charge in [-0.25, -0.2) is 9.59 Å². The fraction of sp³-hybridized carbons (Fsp3) is 0.667. The quantitative estimate of drug-likeness (QED) is 0.585. The molecule has 1 aliphatic carbocycles. The molecule has 1 amide bonds. The summed E-state index contributed by atoms with van der Waals surface area (Å²) in [7, 11) is 0. The molecule has 1 atom stereocenters. The second-order valence-corrected chi connectivity index (χ2v) is 3.71. The van der Waals surface area contributed by atoms with Crippen LogP contribution in [-0.2, 0) is 9.59 Å². The van der Waals surface area contributed by atoms with Crippen LogP contribution < -0.4 is 5.32 Å². The summed E-state index contributed by atoms with van der Waals surface area (Å²) in [5, 5.41) is 19.6. The highest BCUT2D eigenvalue weighted by Gasteiger charge is 2.41. The van der Waals surface area contributed by atoms with Crippen LogP contribution in [0.4, 0.5) is 4.79 Å². The van der Waals surface area contributed by atoms with Gasteiger partial charge >= 0.3 is 12.1 Å². The molecule has 0 aliphatic heterocycles. The lowest BCUT2D eigenvalue weighted by molar-refractivity contribution is -0.145. The number of hydrogen-bond acceptors (Lipinski definition) is 3. The number of carboxylic acids is 1. The van der Waals surface area contributed by atoms with Gasteiger partial charge in [0.15, 0.2) is 0 Å². The first-order valence-electron chi connectivity index (χ1n) is 4.72. The van der Waals surface area contributed by atoms with Crippen molar-refractivity contribution >= 4 is 17.8 Å². The van der Waals surface area contributed by atoms with Gasteiger partial charge in [-0.3, -0.25) is 4.79 Å². The van der Waals surface area contributed by atoms with E-state index in [-0.39, 0.29) is 25.0 Å². The fourth-order valence-electron chi connectivity index (χ4n) is 1.79. The van der Waals surface area contributed by atoms with Crippen LogP contribution in [0, 0.1) is 0 Å². The second kappa shape index (κ2) is 4.29. The summed E-state index contributed by atoms with van der Waals surface area (Å²) >= 11 is 0. The zero-order valence-electron chi connectivity index (χ0n) is 8.15. The molecule has 84 valence electrons. The molecule has 0 spiro atoms. The highest BCUT2D eigenvalue weighted by Crippen LogP contribution is 2.25. The minimum Gasteiger partial charge on any atom is -0.480 e. The number of carboxylic acid groups (broad SMARTS) is 2. The third-order valence-electron chi connectivity index (χ3n) is 2.65. The van der Waals surface area contributed by atoms with E-state index in [1.807, 2.05) is 5.32 Å². The molecular weight excluding hydrogens is 202 g/mol. The van der Waals surface area contributed by atoms with E-state index in [4.69, 9.17) is 10.2 Å². The first kappa shape index (κ1) is 11.5. The number of amides is 1. The maximum Gasteiger partial charge on any atom is 0.405 e. The molecule has 3 N–H and O–H groups in total. The van der Waals surface area contributed by atoms with Crippen molar-refractivity contribution < 1.29 is 24.6 Å². The summed E-state index contributed by atoms with van der Waals surface area (Å²) in [6, 6.07) is 0. The molecule has 0 aromatic rings. The molecule has 6 heteroatoms. The maximum atomic E-state index is 11.1. The van der Waals surface area contributed by atoms with Gasteiger partial charge in [-0.05, 0) is 19.3 Å². The molecule has 15 heavy (non-hydrogen) atoms. The molecule has 1 fully saturated rings. The summed E-state index contributed by atoms with van der Waals surface area (Å²) in [6.07, 6.45) is -0.311. The largest absolute Gasteiger partial charge is 0.480 e. The average Bonchev–Trinajstić information content (AvgIpc) is 2.28. The number of rotatable bonds is 2.